The molecule has 0 aliphatic carbocycles. The number of rotatable bonds is 6. The predicted molar refractivity (Wildman–Crippen MR) is 67.9 cm³/mol. The van der Waals surface area contributed by atoms with Crippen molar-refractivity contribution in [2.24, 2.45) is 0 Å². The van der Waals surface area contributed by atoms with Crippen molar-refractivity contribution in [2.45, 2.75) is 58.6 Å². The molecule has 0 bridgehead atoms. The Hall–Kier alpha value is -1.32. The third-order valence-corrected chi connectivity index (χ3v) is 2.08. The number of amides is 1. The highest BCUT2D eigenvalue weighted by atomic mass is 16.6. The standard InChI is InChI=1S/C13H23NO3/c1-6-8-9-10(11(15)7-2)14-12(16)17-13(3,4)5/h7,10H,2,6,8-9H2,1,3-5H3,(H,14,16)/t10-/m0/s1. The Morgan fingerprint density at radius 1 is 1.41 bits per heavy atom. The van der Waals surface area contributed by atoms with Crippen molar-refractivity contribution >= 4 is 11.9 Å². The highest BCUT2D eigenvalue weighted by Gasteiger charge is 2.22. The van der Waals surface area contributed by atoms with E-state index in [-0.39, 0.29) is 5.78 Å². The molecule has 0 aliphatic rings. The second-order valence-corrected chi connectivity index (χ2v) is 4.95. The summed E-state index contributed by atoms with van der Waals surface area (Å²) in [5, 5.41) is 2.58. The Balaban J connectivity index is 4.37. The summed E-state index contributed by atoms with van der Waals surface area (Å²) in [4.78, 5) is 23.1. The van der Waals surface area contributed by atoms with E-state index >= 15 is 0 Å². The van der Waals surface area contributed by atoms with Crippen LogP contribution in [-0.2, 0) is 9.53 Å². The molecule has 0 radical (unpaired) electrons. The van der Waals surface area contributed by atoms with Crippen LogP contribution in [0.5, 0.6) is 0 Å². The van der Waals surface area contributed by atoms with Crippen LogP contribution in [0, 0.1) is 0 Å². The van der Waals surface area contributed by atoms with Gasteiger partial charge in [-0.15, -0.1) is 0 Å². The highest BCUT2D eigenvalue weighted by molar-refractivity contribution is 5.95. The lowest BCUT2D eigenvalue weighted by Crippen LogP contribution is -2.42. The molecule has 0 aromatic carbocycles. The number of hydrogen-bond donors (Lipinski definition) is 1. The van der Waals surface area contributed by atoms with Gasteiger partial charge in [-0.3, -0.25) is 4.79 Å². The summed E-state index contributed by atoms with van der Waals surface area (Å²) >= 11 is 0. The first-order valence-electron chi connectivity index (χ1n) is 5.96. The third-order valence-electron chi connectivity index (χ3n) is 2.08. The molecule has 0 spiro atoms. The molecule has 0 heterocycles. The highest BCUT2D eigenvalue weighted by Crippen LogP contribution is 2.08. The molecular formula is C13H23NO3. The van der Waals surface area contributed by atoms with Gasteiger partial charge in [0.2, 0.25) is 0 Å². The molecule has 0 unspecified atom stereocenters. The van der Waals surface area contributed by atoms with Crippen LogP contribution >= 0.6 is 0 Å². The van der Waals surface area contributed by atoms with E-state index in [0.29, 0.717) is 6.42 Å². The molecule has 1 amide bonds. The third kappa shape index (κ3) is 7.55. The Labute approximate surface area is 103 Å². The van der Waals surface area contributed by atoms with Crippen LogP contribution in [0.2, 0.25) is 0 Å². The van der Waals surface area contributed by atoms with Gasteiger partial charge in [-0.25, -0.2) is 4.79 Å². The van der Waals surface area contributed by atoms with Crippen molar-refractivity contribution in [3.05, 3.63) is 12.7 Å². The van der Waals surface area contributed by atoms with Gasteiger partial charge in [0.25, 0.3) is 0 Å². The van der Waals surface area contributed by atoms with E-state index in [9.17, 15) is 9.59 Å². The summed E-state index contributed by atoms with van der Waals surface area (Å²) in [7, 11) is 0. The van der Waals surface area contributed by atoms with Crippen LogP contribution < -0.4 is 5.32 Å². The van der Waals surface area contributed by atoms with Crippen LogP contribution in [-0.4, -0.2) is 23.5 Å². The molecule has 0 fully saturated rings. The molecule has 0 saturated heterocycles. The van der Waals surface area contributed by atoms with Gasteiger partial charge in [0.1, 0.15) is 5.60 Å². The fraction of sp³-hybridized carbons (Fsp3) is 0.692. The average Bonchev–Trinajstić information content (AvgIpc) is 2.20. The van der Waals surface area contributed by atoms with Crippen molar-refractivity contribution in [3.63, 3.8) is 0 Å². The van der Waals surface area contributed by atoms with Gasteiger partial charge in [-0.1, -0.05) is 26.3 Å². The van der Waals surface area contributed by atoms with Gasteiger partial charge in [0, 0.05) is 0 Å². The molecule has 98 valence electrons. The lowest BCUT2D eigenvalue weighted by atomic mass is 10.1. The van der Waals surface area contributed by atoms with Crippen molar-refractivity contribution in [1.82, 2.24) is 5.32 Å². The summed E-state index contributed by atoms with van der Waals surface area (Å²) < 4.78 is 5.11. The van der Waals surface area contributed by atoms with Crippen LogP contribution in [0.1, 0.15) is 47.0 Å². The average molecular weight is 241 g/mol. The maximum absolute atomic E-state index is 11.5. The smallest absolute Gasteiger partial charge is 0.408 e. The van der Waals surface area contributed by atoms with Crippen molar-refractivity contribution < 1.29 is 14.3 Å². The monoisotopic (exact) mass is 241 g/mol. The normalized spacial score (nSPS) is 12.7. The Morgan fingerprint density at radius 3 is 2.41 bits per heavy atom. The zero-order valence-electron chi connectivity index (χ0n) is 11.2. The molecule has 0 aromatic heterocycles. The fourth-order valence-corrected chi connectivity index (χ4v) is 1.29. The number of alkyl carbamates (subject to hydrolysis) is 1. The van der Waals surface area contributed by atoms with Gasteiger partial charge in [-0.05, 0) is 33.3 Å². The van der Waals surface area contributed by atoms with Gasteiger partial charge in [0.15, 0.2) is 5.78 Å². The SMILES string of the molecule is C=CC(=O)[C@H](CCCC)NC(=O)OC(C)(C)C. The largest absolute Gasteiger partial charge is 0.444 e. The van der Waals surface area contributed by atoms with Crippen molar-refractivity contribution in [1.29, 1.82) is 0 Å². The minimum Gasteiger partial charge on any atom is -0.444 e. The summed E-state index contributed by atoms with van der Waals surface area (Å²) in [6, 6.07) is -0.526. The first kappa shape index (κ1) is 15.7. The van der Waals surface area contributed by atoms with Gasteiger partial charge < -0.3 is 10.1 Å². The predicted octanol–water partition coefficient (Wildman–Crippen LogP) is 2.83. The molecule has 17 heavy (non-hydrogen) atoms. The molecule has 0 aliphatic heterocycles. The van der Waals surface area contributed by atoms with E-state index in [2.05, 4.69) is 11.9 Å². The second kappa shape index (κ2) is 7.09. The topological polar surface area (TPSA) is 55.4 Å². The number of nitrogens with one attached hydrogen (secondary N) is 1. The summed E-state index contributed by atoms with van der Waals surface area (Å²) in [5.74, 6) is -0.177. The molecule has 0 aromatic rings. The van der Waals surface area contributed by atoms with Crippen LogP contribution in [0.15, 0.2) is 12.7 Å². The number of ether oxygens (including phenoxy) is 1. The first-order chi connectivity index (χ1) is 7.80. The molecular weight excluding hydrogens is 218 g/mol. The number of carbonyl (C=O) groups excluding carboxylic acids is 2. The van der Waals surface area contributed by atoms with Crippen LogP contribution in [0.3, 0.4) is 0 Å². The van der Waals surface area contributed by atoms with Gasteiger partial charge in [0.05, 0.1) is 6.04 Å². The number of hydrogen-bond acceptors (Lipinski definition) is 3. The van der Waals surface area contributed by atoms with Gasteiger partial charge in [-0.2, -0.15) is 0 Å². The Kier molecular flexibility index (Phi) is 6.54. The Bertz CT molecular complexity index is 279. The van der Waals surface area contributed by atoms with Crippen LogP contribution in [0.25, 0.3) is 0 Å². The zero-order chi connectivity index (χ0) is 13.5. The molecule has 1 N–H and O–H groups in total. The second-order valence-electron chi connectivity index (χ2n) is 4.95. The minimum absolute atomic E-state index is 0.177. The number of carbonyl (C=O) groups is 2. The number of ketones is 1. The van der Waals surface area contributed by atoms with E-state index in [0.717, 1.165) is 12.8 Å². The summed E-state index contributed by atoms with van der Waals surface area (Å²) in [6.07, 6.45) is 3.13. The molecule has 1 atom stereocenters. The minimum atomic E-state index is -0.561. The van der Waals surface area contributed by atoms with E-state index in [1.54, 1.807) is 20.8 Å². The van der Waals surface area contributed by atoms with E-state index in [1.807, 2.05) is 6.92 Å². The van der Waals surface area contributed by atoms with E-state index in [1.165, 1.54) is 6.08 Å². The lowest BCUT2D eigenvalue weighted by Gasteiger charge is -2.22. The van der Waals surface area contributed by atoms with E-state index < -0.39 is 17.7 Å². The first-order valence-corrected chi connectivity index (χ1v) is 5.96. The summed E-state index contributed by atoms with van der Waals surface area (Å²) in [6.45, 7) is 10.8. The maximum Gasteiger partial charge on any atom is 0.408 e. The molecule has 4 nitrogen and oxygen atoms in total. The molecule has 0 rings (SSSR count). The molecule has 4 heteroatoms. The van der Waals surface area contributed by atoms with Gasteiger partial charge >= 0.3 is 6.09 Å². The van der Waals surface area contributed by atoms with Crippen LogP contribution in [0.4, 0.5) is 4.79 Å². The van der Waals surface area contributed by atoms with Crippen molar-refractivity contribution in [2.75, 3.05) is 0 Å². The molecule has 0 saturated carbocycles. The maximum atomic E-state index is 11.5. The van der Waals surface area contributed by atoms with Crippen molar-refractivity contribution in [3.8, 4) is 0 Å². The van der Waals surface area contributed by atoms with E-state index in [4.69, 9.17) is 4.74 Å². The lowest BCUT2D eigenvalue weighted by molar-refractivity contribution is -0.116. The quantitative estimate of drug-likeness (QED) is 0.727. The zero-order valence-corrected chi connectivity index (χ0v) is 11.2. The number of unbranched alkanes of at least 4 members (excludes halogenated alkanes) is 1. The Morgan fingerprint density at radius 2 is 2.00 bits per heavy atom. The fourth-order valence-electron chi connectivity index (χ4n) is 1.29. The summed E-state index contributed by atoms with van der Waals surface area (Å²) in [5.41, 5.74) is -0.559.